The molecule has 0 spiro atoms. The van der Waals surface area contributed by atoms with Gasteiger partial charge in [0.05, 0.1) is 5.69 Å². The second-order valence-electron chi connectivity index (χ2n) is 7.85. The van der Waals surface area contributed by atoms with Gasteiger partial charge < -0.3 is 5.32 Å². The van der Waals surface area contributed by atoms with Gasteiger partial charge in [0.15, 0.2) is 4.90 Å². The van der Waals surface area contributed by atoms with E-state index in [1.54, 1.807) is 17.7 Å². The number of carbonyl (C=O) groups is 1. The molecule has 1 N–H and O–H groups in total. The predicted molar refractivity (Wildman–Crippen MR) is 103 cm³/mol. The summed E-state index contributed by atoms with van der Waals surface area (Å²) in [6.07, 6.45) is 0. The van der Waals surface area contributed by atoms with Gasteiger partial charge in [-0.1, -0.05) is 26.8 Å². The van der Waals surface area contributed by atoms with Crippen LogP contribution in [0.25, 0.3) is 0 Å². The number of hydrogen-bond acceptors (Lipinski definition) is 2. The fraction of sp³-hybridized carbons (Fsp3) is 0.474. The molecular formula is C19H27FN3OS+. The minimum atomic E-state index is -0.701. The Hall–Kier alpha value is -1.82. The lowest BCUT2D eigenvalue weighted by Crippen LogP contribution is -2.39. The van der Waals surface area contributed by atoms with Crippen LogP contribution in [0.15, 0.2) is 29.2 Å². The van der Waals surface area contributed by atoms with Gasteiger partial charge in [0, 0.05) is 36.4 Å². The molecule has 1 heterocycles. The van der Waals surface area contributed by atoms with Gasteiger partial charge in [-0.2, -0.15) is 5.10 Å². The average Bonchev–Trinajstić information content (AvgIpc) is 2.84. The summed E-state index contributed by atoms with van der Waals surface area (Å²) < 4.78 is 14.7. The van der Waals surface area contributed by atoms with Crippen molar-refractivity contribution in [3.63, 3.8) is 0 Å². The van der Waals surface area contributed by atoms with Crippen LogP contribution < -0.4 is 5.32 Å². The van der Waals surface area contributed by atoms with Crippen molar-refractivity contribution in [3.8, 4) is 0 Å². The zero-order valence-electron chi connectivity index (χ0n) is 15.9. The lowest BCUT2D eigenvalue weighted by Gasteiger charge is -2.16. The summed E-state index contributed by atoms with van der Waals surface area (Å²) in [6, 6.07) is 6.99. The van der Waals surface area contributed by atoms with Crippen molar-refractivity contribution in [2.75, 3.05) is 5.32 Å². The highest BCUT2D eigenvalue weighted by molar-refractivity contribution is 7.81. The van der Waals surface area contributed by atoms with Crippen LogP contribution in [0.1, 0.15) is 45.9 Å². The van der Waals surface area contributed by atoms with Crippen molar-refractivity contribution in [3.05, 3.63) is 41.3 Å². The molecule has 6 heteroatoms. The Morgan fingerprint density at radius 2 is 1.84 bits per heavy atom. The number of nitrogens with zero attached hydrogens (tertiary/aromatic N) is 2. The number of amides is 1. The number of rotatable bonds is 4. The molecule has 25 heavy (non-hydrogen) atoms. The Balaban J connectivity index is 2.16. The molecule has 1 amide bonds. The molecule has 1 aromatic carbocycles. The van der Waals surface area contributed by atoms with E-state index in [4.69, 9.17) is 0 Å². The maximum atomic E-state index is 13.8. The van der Waals surface area contributed by atoms with Crippen molar-refractivity contribution in [1.29, 1.82) is 0 Å². The highest BCUT2D eigenvalue weighted by Crippen LogP contribution is 2.25. The molecule has 1 aromatic heterocycles. The molecule has 0 aliphatic rings. The van der Waals surface area contributed by atoms with Crippen LogP contribution in [-0.2, 0) is 29.0 Å². The second-order valence-corrected chi connectivity index (χ2v) is 9.70. The van der Waals surface area contributed by atoms with Crippen LogP contribution in [0, 0.1) is 12.7 Å². The first-order chi connectivity index (χ1) is 11.4. The number of benzene rings is 1. The number of nitrogens with one attached hydrogen (secondary N) is 1. The number of thiol groups is 1. The van der Waals surface area contributed by atoms with Crippen molar-refractivity contribution in [2.45, 2.75) is 56.6 Å². The van der Waals surface area contributed by atoms with Crippen LogP contribution in [0.5, 0.6) is 0 Å². The van der Waals surface area contributed by atoms with Crippen LogP contribution in [0.4, 0.5) is 10.2 Å². The summed E-state index contributed by atoms with van der Waals surface area (Å²) in [7, 11) is 1.81. The lowest BCUT2D eigenvalue weighted by molar-refractivity contribution is -0.117. The van der Waals surface area contributed by atoms with E-state index in [0.717, 1.165) is 22.4 Å². The largest absolute Gasteiger partial charge is 0.306 e. The quantitative estimate of drug-likeness (QED) is 0.663. The molecule has 0 aliphatic heterocycles. The lowest BCUT2D eigenvalue weighted by atomic mass is 9.92. The van der Waals surface area contributed by atoms with Gasteiger partial charge in [-0.15, -0.1) is 0 Å². The van der Waals surface area contributed by atoms with E-state index in [-0.39, 0.29) is 17.1 Å². The second kappa shape index (κ2) is 6.83. The van der Waals surface area contributed by atoms with Gasteiger partial charge in [0.1, 0.15) is 11.6 Å². The van der Waals surface area contributed by atoms with Gasteiger partial charge >= 0.3 is 0 Å². The molecule has 136 valence electrons. The zero-order chi connectivity index (χ0) is 19.0. The molecule has 0 fully saturated rings. The Bertz CT molecular complexity index is 790. The van der Waals surface area contributed by atoms with E-state index in [1.165, 1.54) is 6.07 Å². The van der Waals surface area contributed by atoms with Gasteiger partial charge in [0.2, 0.25) is 4.75 Å². The number of hydrogen-bond donors (Lipinski definition) is 1. The molecule has 0 saturated heterocycles. The summed E-state index contributed by atoms with van der Waals surface area (Å²) in [5.41, 5.74) is 1.43. The number of aromatic nitrogens is 2. The Morgan fingerprint density at radius 3 is 2.36 bits per heavy atom. The third kappa shape index (κ3) is 4.63. The summed E-state index contributed by atoms with van der Waals surface area (Å²) in [6.45, 7) is 11.7. The van der Waals surface area contributed by atoms with Crippen LogP contribution in [0.3, 0.4) is 0 Å². The molecule has 0 aliphatic carbocycles. The van der Waals surface area contributed by atoms with Crippen LogP contribution in [0.2, 0.25) is 0 Å². The zero-order valence-corrected chi connectivity index (χ0v) is 16.8. The number of halogens is 1. The van der Waals surface area contributed by atoms with Crippen LogP contribution >= 0.6 is 0 Å². The molecule has 2 rings (SSSR count). The molecular weight excluding hydrogens is 337 g/mol. The summed E-state index contributed by atoms with van der Waals surface area (Å²) in [5, 5.41) is 7.42. The minimum Gasteiger partial charge on any atom is -0.306 e. The smallest absolute Gasteiger partial charge is 0.281 e. The highest BCUT2D eigenvalue weighted by atomic mass is 32.2. The summed E-state index contributed by atoms with van der Waals surface area (Å²) >= 11 is 0.750. The fourth-order valence-electron chi connectivity index (χ4n) is 2.24. The SMILES string of the molecule is Cc1ccc([SH+]C(C)(C)C(=O)Nc2cc(C(C)(C)C)nn2C)cc1F. The standard InChI is InChI=1S/C19H26FN3OS/c1-12-8-9-13(10-14(12)20)25-19(5,6)17(24)21-16-11-15(18(2,3)4)22-23(16)7/h8-11H,1-7H3,(H,21,24)/p+1. The third-order valence-electron chi connectivity index (χ3n) is 4.01. The minimum absolute atomic E-state index is 0.0894. The van der Waals surface area contributed by atoms with Gasteiger partial charge in [0.25, 0.3) is 5.91 Å². The number of anilines is 1. The van der Waals surface area contributed by atoms with Crippen molar-refractivity contribution in [1.82, 2.24) is 9.78 Å². The van der Waals surface area contributed by atoms with E-state index >= 15 is 0 Å². The van der Waals surface area contributed by atoms with E-state index in [0.29, 0.717) is 11.4 Å². The van der Waals surface area contributed by atoms with Crippen molar-refractivity contribution in [2.24, 2.45) is 7.05 Å². The Morgan fingerprint density at radius 1 is 1.20 bits per heavy atom. The Labute approximate surface area is 153 Å². The van der Waals surface area contributed by atoms with Gasteiger partial charge in [-0.3, -0.25) is 9.48 Å². The van der Waals surface area contributed by atoms with E-state index in [1.807, 2.05) is 33.0 Å². The molecule has 0 saturated carbocycles. The predicted octanol–water partition coefficient (Wildman–Crippen LogP) is 3.76. The average molecular weight is 365 g/mol. The first-order valence-electron chi connectivity index (χ1n) is 8.25. The highest BCUT2D eigenvalue weighted by Gasteiger charge is 2.37. The van der Waals surface area contributed by atoms with E-state index in [2.05, 4.69) is 31.2 Å². The fourth-order valence-corrected chi connectivity index (χ4v) is 3.37. The van der Waals surface area contributed by atoms with E-state index < -0.39 is 4.75 Å². The number of carbonyl (C=O) groups excluding carboxylic acids is 1. The maximum absolute atomic E-state index is 13.8. The molecule has 0 atom stereocenters. The maximum Gasteiger partial charge on any atom is 0.281 e. The van der Waals surface area contributed by atoms with Crippen LogP contribution in [-0.4, -0.2) is 20.4 Å². The molecule has 0 unspecified atom stereocenters. The molecule has 4 nitrogen and oxygen atoms in total. The topological polar surface area (TPSA) is 46.9 Å². The van der Waals surface area contributed by atoms with Crippen molar-refractivity contribution >= 4 is 23.5 Å². The Kier molecular flexibility index (Phi) is 5.33. The summed E-state index contributed by atoms with van der Waals surface area (Å²) in [5.74, 6) is 0.287. The number of aryl methyl sites for hydroxylation is 2. The molecule has 2 aromatic rings. The third-order valence-corrected chi connectivity index (χ3v) is 5.31. The van der Waals surface area contributed by atoms with E-state index in [9.17, 15) is 9.18 Å². The van der Waals surface area contributed by atoms with Crippen molar-refractivity contribution < 1.29 is 9.18 Å². The van der Waals surface area contributed by atoms with Gasteiger partial charge in [-0.25, -0.2) is 4.39 Å². The summed E-state index contributed by atoms with van der Waals surface area (Å²) in [4.78, 5) is 13.5. The monoisotopic (exact) mass is 364 g/mol. The molecule has 0 bridgehead atoms. The first kappa shape index (κ1) is 19.5. The van der Waals surface area contributed by atoms with Gasteiger partial charge in [-0.05, 0) is 32.4 Å². The molecule has 0 radical (unpaired) electrons. The normalized spacial score (nSPS) is 12.3. The first-order valence-corrected chi connectivity index (χ1v) is 9.14.